The van der Waals surface area contributed by atoms with Crippen molar-refractivity contribution in [2.45, 2.75) is 19.4 Å². The van der Waals surface area contributed by atoms with E-state index in [1.807, 2.05) is 30.3 Å². The fourth-order valence-electron chi connectivity index (χ4n) is 2.43. The lowest BCUT2D eigenvalue weighted by molar-refractivity contribution is -0.116. The molecule has 3 rings (SSSR count). The fourth-order valence-corrected chi connectivity index (χ4v) is 2.43. The maximum absolute atomic E-state index is 13.6. The minimum absolute atomic E-state index is 0.0880. The number of carbonyl (C=O) groups is 1. The number of nitrogens with one attached hydrogen (secondary N) is 1. The molecule has 0 fully saturated rings. The first-order valence-corrected chi connectivity index (χ1v) is 7.81. The fraction of sp³-hybridized carbons (Fsp3) is 0.158. The van der Waals surface area contributed by atoms with E-state index in [4.69, 9.17) is 0 Å². The summed E-state index contributed by atoms with van der Waals surface area (Å²) >= 11 is 0. The van der Waals surface area contributed by atoms with Crippen molar-refractivity contribution < 1.29 is 9.18 Å². The largest absolute Gasteiger partial charge is 0.309 e. The van der Waals surface area contributed by atoms with Crippen LogP contribution in [0, 0.1) is 5.82 Å². The average Bonchev–Trinajstić information content (AvgIpc) is 3.03. The van der Waals surface area contributed by atoms with Crippen LogP contribution in [0.2, 0.25) is 0 Å². The molecule has 0 spiro atoms. The second-order valence-electron chi connectivity index (χ2n) is 5.52. The van der Waals surface area contributed by atoms with Crippen LogP contribution in [0.25, 0.3) is 0 Å². The predicted molar refractivity (Wildman–Crippen MR) is 91.1 cm³/mol. The Kier molecular flexibility index (Phi) is 5.01. The highest BCUT2D eigenvalue weighted by Gasteiger charge is 2.07. The van der Waals surface area contributed by atoms with Crippen molar-refractivity contribution >= 4 is 11.7 Å². The molecule has 0 unspecified atom stereocenters. The highest BCUT2D eigenvalue weighted by molar-refractivity contribution is 5.89. The van der Waals surface area contributed by atoms with Gasteiger partial charge in [0, 0.05) is 24.2 Å². The van der Waals surface area contributed by atoms with Crippen LogP contribution >= 0.6 is 0 Å². The molecule has 0 bridgehead atoms. The number of aryl methyl sites for hydroxylation is 1. The molecule has 0 saturated carbocycles. The Bertz CT molecular complexity index is 814. The van der Waals surface area contributed by atoms with Gasteiger partial charge in [-0.3, -0.25) is 9.48 Å². The first-order valence-electron chi connectivity index (χ1n) is 7.81. The Morgan fingerprint density at radius 3 is 2.58 bits per heavy atom. The predicted octanol–water partition coefficient (Wildman–Crippen LogP) is 3.64. The van der Waals surface area contributed by atoms with Gasteiger partial charge in [-0.15, -0.1) is 0 Å². The molecular formula is C19H18FN3O. The number of halogens is 1. The molecule has 24 heavy (non-hydrogen) atoms. The smallest absolute Gasteiger partial charge is 0.225 e. The molecule has 0 saturated heterocycles. The number of carbonyl (C=O) groups excluding carboxylic acids is 1. The number of aromatic nitrogens is 2. The molecule has 0 aliphatic rings. The third-order valence-electron chi connectivity index (χ3n) is 3.68. The molecule has 0 radical (unpaired) electrons. The Balaban J connectivity index is 1.54. The monoisotopic (exact) mass is 323 g/mol. The van der Waals surface area contributed by atoms with Crippen molar-refractivity contribution in [2.24, 2.45) is 0 Å². The summed E-state index contributed by atoms with van der Waals surface area (Å²) in [6, 6.07) is 18.1. The normalized spacial score (nSPS) is 10.5. The van der Waals surface area contributed by atoms with Gasteiger partial charge in [0.1, 0.15) is 5.82 Å². The zero-order chi connectivity index (χ0) is 16.8. The van der Waals surface area contributed by atoms with E-state index < -0.39 is 0 Å². The van der Waals surface area contributed by atoms with Gasteiger partial charge in [-0.05, 0) is 18.1 Å². The van der Waals surface area contributed by atoms with Crippen LogP contribution in [0.5, 0.6) is 0 Å². The lowest BCUT2D eigenvalue weighted by Crippen LogP contribution is -2.13. The minimum atomic E-state index is -0.263. The lowest BCUT2D eigenvalue weighted by Gasteiger charge is -2.04. The molecule has 3 aromatic rings. The molecule has 1 N–H and O–H groups in total. The summed E-state index contributed by atoms with van der Waals surface area (Å²) in [7, 11) is 0. The van der Waals surface area contributed by atoms with Crippen molar-refractivity contribution in [3.63, 3.8) is 0 Å². The summed E-state index contributed by atoms with van der Waals surface area (Å²) in [6.45, 7) is 0.326. The number of hydrogen-bond donors (Lipinski definition) is 1. The summed E-state index contributed by atoms with van der Waals surface area (Å²) in [6.07, 6.45) is 2.80. The van der Waals surface area contributed by atoms with Gasteiger partial charge in [-0.1, -0.05) is 48.5 Å². The molecule has 0 aliphatic carbocycles. The minimum Gasteiger partial charge on any atom is -0.309 e. The zero-order valence-electron chi connectivity index (χ0n) is 13.2. The maximum Gasteiger partial charge on any atom is 0.225 e. The van der Waals surface area contributed by atoms with E-state index in [0.717, 1.165) is 5.56 Å². The summed E-state index contributed by atoms with van der Waals surface area (Å²) < 4.78 is 15.2. The molecular weight excluding hydrogens is 305 g/mol. The van der Waals surface area contributed by atoms with Gasteiger partial charge in [0.2, 0.25) is 5.91 Å². The van der Waals surface area contributed by atoms with Crippen LogP contribution < -0.4 is 5.32 Å². The first-order chi connectivity index (χ1) is 11.7. The average molecular weight is 323 g/mol. The van der Waals surface area contributed by atoms with Crippen molar-refractivity contribution in [1.29, 1.82) is 0 Å². The number of hydrogen-bond acceptors (Lipinski definition) is 2. The van der Waals surface area contributed by atoms with Gasteiger partial charge in [0.15, 0.2) is 5.82 Å². The van der Waals surface area contributed by atoms with Gasteiger partial charge in [-0.25, -0.2) is 4.39 Å². The number of anilines is 1. The van der Waals surface area contributed by atoms with E-state index in [1.54, 1.807) is 35.1 Å². The Hall–Kier alpha value is -2.95. The van der Waals surface area contributed by atoms with Gasteiger partial charge >= 0.3 is 0 Å². The van der Waals surface area contributed by atoms with Crippen molar-refractivity contribution in [1.82, 2.24) is 9.78 Å². The highest BCUT2D eigenvalue weighted by atomic mass is 19.1. The van der Waals surface area contributed by atoms with E-state index in [0.29, 0.717) is 30.8 Å². The van der Waals surface area contributed by atoms with Crippen molar-refractivity contribution in [2.75, 3.05) is 5.32 Å². The summed E-state index contributed by atoms with van der Waals surface area (Å²) in [5, 5.41) is 7.03. The van der Waals surface area contributed by atoms with Gasteiger partial charge < -0.3 is 5.32 Å². The third-order valence-corrected chi connectivity index (χ3v) is 3.68. The van der Waals surface area contributed by atoms with E-state index in [9.17, 15) is 9.18 Å². The molecule has 1 heterocycles. The van der Waals surface area contributed by atoms with E-state index in [2.05, 4.69) is 10.4 Å². The SMILES string of the molecule is O=C(CCc1ccccc1)Nc1ccn(Cc2ccccc2F)n1. The molecule has 0 aliphatic heterocycles. The van der Waals surface area contributed by atoms with Crippen LogP contribution in [-0.4, -0.2) is 15.7 Å². The number of amides is 1. The standard InChI is InChI=1S/C19H18FN3O/c20-17-9-5-4-8-16(17)14-23-13-12-18(22-23)21-19(24)11-10-15-6-2-1-3-7-15/h1-9,12-13H,10-11,14H2,(H,21,22,24). The summed E-state index contributed by atoms with van der Waals surface area (Å²) in [5.41, 5.74) is 1.68. The maximum atomic E-state index is 13.6. The number of rotatable bonds is 6. The summed E-state index contributed by atoms with van der Waals surface area (Å²) in [5.74, 6) is 0.126. The Labute approximate surface area is 139 Å². The van der Waals surface area contributed by atoms with Gasteiger partial charge in [-0.2, -0.15) is 5.10 Å². The molecule has 5 heteroatoms. The molecule has 4 nitrogen and oxygen atoms in total. The van der Waals surface area contributed by atoms with E-state index >= 15 is 0 Å². The second-order valence-corrected chi connectivity index (χ2v) is 5.52. The number of benzene rings is 2. The molecule has 1 amide bonds. The molecule has 0 atom stereocenters. The Morgan fingerprint density at radius 1 is 1.04 bits per heavy atom. The van der Waals surface area contributed by atoms with Crippen LogP contribution in [-0.2, 0) is 17.8 Å². The van der Waals surface area contributed by atoms with Gasteiger partial charge in [0.05, 0.1) is 6.54 Å². The number of nitrogens with zero attached hydrogens (tertiary/aromatic N) is 2. The summed E-state index contributed by atoms with van der Waals surface area (Å²) in [4.78, 5) is 12.0. The van der Waals surface area contributed by atoms with Crippen LogP contribution in [0.1, 0.15) is 17.5 Å². The first kappa shape index (κ1) is 15.9. The van der Waals surface area contributed by atoms with E-state index in [1.165, 1.54) is 6.07 Å². The van der Waals surface area contributed by atoms with Gasteiger partial charge in [0.25, 0.3) is 0 Å². The Morgan fingerprint density at radius 2 is 1.79 bits per heavy atom. The second kappa shape index (κ2) is 7.55. The molecule has 2 aromatic carbocycles. The van der Waals surface area contributed by atoms with Crippen LogP contribution in [0.4, 0.5) is 10.2 Å². The van der Waals surface area contributed by atoms with E-state index in [-0.39, 0.29) is 11.7 Å². The van der Waals surface area contributed by atoms with Crippen LogP contribution in [0.3, 0.4) is 0 Å². The molecule has 1 aromatic heterocycles. The van der Waals surface area contributed by atoms with Crippen molar-refractivity contribution in [3.05, 3.63) is 83.8 Å². The highest BCUT2D eigenvalue weighted by Crippen LogP contribution is 2.11. The quantitative estimate of drug-likeness (QED) is 0.753. The topological polar surface area (TPSA) is 46.9 Å². The molecule has 122 valence electrons. The zero-order valence-corrected chi connectivity index (χ0v) is 13.2. The van der Waals surface area contributed by atoms with Crippen LogP contribution in [0.15, 0.2) is 66.9 Å². The van der Waals surface area contributed by atoms with Crippen molar-refractivity contribution in [3.8, 4) is 0 Å². The lowest BCUT2D eigenvalue weighted by atomic mass is 10.1. The third kappa shape index (κ3) is 4.29.